The molecule has 0 atom stereocenters. The molecule has 1 aromatic heterocycles. The zero-order valence-electron chi connectivity index (χ0n) is 12.9. The van der Waals surface area contributed by atoms with Gasteiger partial charge in [0.05, 0.1) is 13.2 Å². The Morgan fingerprint density at radius 2 is 1.68 bits per heavy atom. The minimum Gasteiger partial charge on any atom is -0.465 e. The minimum atomic E-state index is -1.68. The molecule has 1 aromatic carbocycles. The number of carbonyl (C=O) groups excluding carboxylic acids is 2. The van der Waals surface area contributed by atoms with Crippen LogP contribution in [0.5, 0.6) is 0 Å². The van der Waals surface area contributed by atoms with Crippen molar-refractivity contribution in [3.05, 3.63) is 30.2 Å². The monoisotopic (exact) mass is 305 g/mol. The summed E-state index contributed by atoms with van der Waals surface area (Å²) in [5, 5.41) is 0. The minimum absolute atomic E-state index is 0.00750. The van der Waals surface area contributed by atoms with Crippen LogP contribution in [0.1, 0.15) is 33.1 Å². The summed E-state index contributed by atoms with van der Waals surface area (Å²) >= 11 is 0. The van der Waals surface area contributed by atoms with Crippen molar-refractivity contribution in [1.82, 2.24) is 4.98 Å². The van der Waals surface area contributed by atoms with Crippen molar-refractivity contribution >= 4 is 23.0 Å². The van der Waals surface area contributed by atoms with Crippen LogP contribution in [-0.4, -0.2) is 30.1 Å². The summed E-state index contributed by atoms with van der Waals surface area (Å²) in [4.78, 5) is 29.2. The zero-order valence-corrected chi connectivity index (χ0v) is 12.9. The van der Waals surface area contributed by atoms with Crippen LogP contribution in [0, 0.1) is 0 Å². The Morgan fingerprint density at radius 1 is 1.09 bits per heavy atom. The average molecular weight is 305 g/mol. The summed E-state index contributed by atoms with van der Waals surface area (Å²) < 4.78 is 15.8. The topological polar surface area (TPSA) is 78.6 Å². The summed E-state index contributed by atoms with van der Waals surface area (Å²) in [7, 11) is 0. The Bertz CT molecular complexity index is 625. The second kappa shape index (κ2) is 6.60. The molecule has 0 bridgehead atoms. The first-order valence-electron chi connectivity index (χ1n) is 7.30. The lowest BCUT2D eigenvalue weighted by Gasteiger charge is -2.24. The highest BCUT2D eigenvalue weighted by Crippen LogP contribution is 2.33. The van der Waals surface area contributed by atoms with Crippen LogP contribution in [0.2, 0.25) is 0 Å². The SMILES string of the molecule is CCOC(=O)C(CC)(C(=O)OCC)c1nc2ccccc2o1. The first kappa shape index (κ1) is 16.0. The second-order valence-corrected chi connectivity index (χ2v) is 4.69. The van der Waals surface area contributed by atoms with Crippen molar-refractivity contribution in [1.29, 1.82) is 0 Å². The van der Waals surface area contributed by atoms with Crippen molar-refractivity contribution < 1.29 is 23.5 Å². The van der Waals surface area contributed by atoms with Gasteiger partial charge in [0, 0.05) is 0 Å². The first-order valence-corrected chi connectivity index (χ1v) is 7.30. The van der Waals surface area contributed by atoms with E-state index in [-0.39, 0.29) is 25.5 Å². The molecule has 0 amide bonds. The highest BCUT2D eigenvalue weighted by atomic mass is 16.6. The molecule has 0 N–H and O–H groups in total. The van der Waals surface area contributed by atoms with Crippen molar-refractivity contribution in [2.75, 3.05) is 13.2 Å². The van der Waals surface area contributed by atoms with Crippen LogP contribution >= 0.6 is 0 Å². The smallest absolute Gasteiger partial charge is 0.333 e. The van der Waals surface area contributed by atoms with Crippen LogP contribution in [0.4, 0.5) is 0 Å². The lowest BCUT2D eigenvalue weighted by Crippen LogP contribution is -2.46. The molecule has 0 aliphatic rings. The van der Waals surface area contributed by atoms with E-state index >= 15 is 0 Å². The van der Waals surface area contributed by atoms with E-state index in [1.165, 1.54) is 0 Å². The third-order valence-electron chi connectivity index (χ3n) is 3.44. The number of oxazole rings is 1. The molecule has 0 spiro atoms. The number of benzene rings is 1. The molecule has 6 nitrogen and oxygen atoms in total. The van der Waals surface area contributed by atoms with Crippen molar-refractivity contribution in [2.24, 2.45) is 0 Å². The fraction of sp³-hybridized carbons (Fsp3) is 0.438. The normalized spacial score (nSPS) is 11.4. The van der Waals surface area contributed by atoms with Gasteiger partial charge >= 0.3 is 11.9 Å². The van der Waals surface area contributed by atoms with Gasteiger partial charge in [-0.25, -0.2) is 4.98 Å². The quantitative estimate of drug-likeness (QED) is 0.603. The second-order valence-electron chi connectivity index (χ2n) is 4.69. The maximum atomic E-state index is 12.5. The number of fused-ring (bicyclic) bond motifs is 1. The lowest BCUT2D eigenvalue weighted by atomic mass is 9.85. The number of hydrogen-bond donors (Lipinski definition) is 0. The number of hydrogen-bond acceptors (Lipinski definition) is 6. The molecule has 6 heteroatoms. The van der Waals surface area contributed by atoms with Crippen LogP contribution in [0.25, 0.3) is 11.1 Å². The molecular formula is C16H19NO5. The van der Waals surface area contributed by atoms with E-state index in [1.54, 1.807) is 45.0 Å². The number of nitrogens with zero attached hydrogens (tertiary/aromatic N) is 1. The van der Waals surface area contributed by atoms with Gasteiger partial charge in [-0.3, -0.25) is 9.59 Å². The fourth-order valence-electron chi connectivity index (χ4n) is 2.26. The maximum Gasteiger partial charge on any atom is 0.333 e. The molecule has 2 rings (SSSR count). The van der Waals surface area contributed by atoms with Gasteiger partial charge in [-0.05, 0) is 32.4 Å². The Balaban J connectivity index is 2.59. The summed E-state index contributed by atoms with van der Waals surface area (Å²) in [5.41, 5.74) is -0.599. The zero-order chi connectivity index (χ0) is 16.2. The van der Waals surface area contributed by atoms with Gasteiger partial charge in [-0.15, -0.1) is 0 Å². The summed E-state index contributed by atoms with van der Waals surface area (Å²) in [6.45, 7) is 5.36. The number of para-hydroxylation sites is 2. The average Bonchev–Trinajstić information content (AvgIpc) is 2.93. The van der Waals surface area contributed by atoms with E-state index in [0.29, 0.717) is 11.1 Å². The molecule has 0 aliphatic carbocycles. The third kappa shape index (κ3) is 2.56. The molecule has 0 aliphatic heterocycles. The molecule has 0 saturated heterocycles. The van der Waals surface area contributed by atoms with E-state index in [0.717, 1.165) is 0 Å². The number of aromatic nitrogens is 1. The van der Waals surface area contributed by atoms with Gasteiger partial charge in [0.15, 0.2) is 5.58 Å². The van der Waals surface area contributed by atoms with Crippen molar-refractivity contribution in [2.45, 2.75) is 32.6 Å². The van der Waals surface area contributed by atoms with Crippen molar-refractivity contribution in [3.63, 3.8) is 0 Å². The predicted octanol–water partition coefficient (Wildman–Crippen LogP) is 2.60. The largest absolute Gasteiger partial charge is 0.465 e. The Labute approximate surface area is 128 Å². The third-order valence-corrected chi connectivity index (χ3v) is 3.44. The van der Waals surface area contributed by atoms with Gasteiger partial charge in [-0.2, -0.15) is 0 Å². The summed E-state index contributed by atoms with van der Waals surface area (Å²) in [6, 6.07) is 7.07. The molecule has 0 saturated carbocycles. The first-order chi connectivity index (χ1) is 10.6. The Kier molecular flexibility index (Phi) is 4.80. The molecule has 118 valence electrons. The number of rotatable bonds is 6. The standard InChI is InChI=1S/C16H19NO5/c1-4-16(14(18)20-5-2,15(19)21-6-3)13-17-11-9-7-8-10-12(11)22-13/h7-10H,4-6H2,1-3H3. The molecular weight excluding hydrogens is 286 g/mol. The molecule has 1 heterocycles. The highest BCUT2D eigenvalue weighted by Gasteiger charge is 2.53. The van der Waals surface area contributed by atoms with E-state index in [1.807, 2.05) is 0 Å². The van der Waals surface area contributed by atoms with Gasteiger partial charge < -0.3 is 13.9 Å². The van der Waals surface area contributed by atoms with Gasteiger partial charge in [-0.1, -0.05) is 19.1 Å². The van der Waals surface area contributed by atoms with Gasteiger partial charge in [0.1, 0.15) is 5.52 Å². The van der Waals surface area contributed by atoms with Crippen LogP contribution < -0.4 is 0 Å². The maximum absolute atomic E-state index is 12.5. The molecule has 0 unspecified atom stereocenters. The highest BCUT2D eigenvalue weighted by molar-refractivity contribution is 6.05. The lowest BCUT2D eigenvalue weighted by molar-refractivity contribution is -0.166. The van der Waals surface area contributed by atoms with Gasteiger partial charge in [0.2, 0.25) is 11.3 Å². The molecule has 0 fully saturated rings. The fourth-order valence-corrected chi connectivity index (χ4v) is 2.26. The molecule has 0 radical (unpaired) electrons. The predicted molar refractivity (Wildman–Crippen MR) is 79.2 cm³/mol. The number of carbonyl (C=O) groups is 2. The van der Waals surface area contributed by atoms with Crippen LogP contribution in [-0.2, 0) is 24.5 Å². The Morgan fingerprint density at radius 3 is 2.18 bits per heavy atom. The molecule has 22 heavy (non-hydrogen) atoms. The van der Waals surface area contributed by atoms with E-state index in [4.69, 9.17) is 13.9 Å². The molecule has 2 aromatic rings. The van der Waals surface area contributed by atoms with Crippen molar-refractivity contribution in [3.8, 4) is 0 Å². The summed E-state index contributed by atoms with van der Waals surface area (Å²) in [6.07, 6.45) is 0.136. The van der Waals surface area contributed by atoms with Crippen LogP contribution in [0.3, 0.4) is 0 Å². The Hall–Kier alpha value is -2.37. The van der Waals surface area contributed by atoms with E-state index in [2.05, 4.69) is 4.98 Å². The summed E-state index contributed by atoms with van der Waals surface area (Å²) in [5.74, 6) is -1.40. The number of esters is 2. The number of ether oxygens (including phenoxy) is 2. The van der Waals surface area contributed by atoms with E-state index < -0.39 is 17.4 Å². The van der Waals surface area contributed by atoms with E-state index in [9.17, 15) is 9.59 Å². The van der Waals surface area contributed by atoms with Gasteiger partial charge in [0.25, 0.3) is 0 Å². The van der Waals surface area contributed by atoms with Crippen LogP contribution in [0.15, 0.2) is 28.7 Å².